The number of nitrogens with zero attached hydrogens (tertiary/aromatic N) is 1. The van der Waals surface area contributed by atoms with Crippen LogP contribution >= 0.6 is 0 Å². The van der Waals surface area contributed by atoms with Crippen LogP contribution in [0.2, 0.25) is 0 Å². The van der Waals surface area contributed by atoms with Gasteiger partial charge in [0.1, 0.15) is 11.2 Å². The average molecular weight is 766 g/mol. The van der Waals surface area contributed by atoms with Gasteiger partial charge in [-0.25, -0.2) is 0 Å². The summed E-state index contributed by atoms with van der Waals surface area (Å²) >= 11 is 0. The van der Waals surface area contributed by atoms with E-state index in [-0.39, 0.29) is 0 Å². The van der Waals surface area contributed by atoms with E-state index >= 15 is 0 Å². The summed E-state index contributed by atoms with van der Waals surface area (Å²) in [4.78, 5) is 2.37. The van der Waals surface area contributed by atoms with Crippen molar-refractivity contribution >= 4 is 49.8 Å². The number of furan rings is 1. The maximum atomic E-state index is 6.77. The molecule has 0 aliphatic rings. The third kappa shape index (κ3) is 6.23. The molecule has 10 aromatic carbocycles. The number of rotatable bonds is 8. The Morgan fingerprint density at radius 1 is 0.283 bits per heavy atom. The molecule has 0 unspecified atom stereocenters. The summed E-state index contributed by atoms with van der Waals surface area (Å²) in [5, 5.41) is 4.65. The molecule has 1 heterocycles. The molecule has 11 rings (SSSR count). The van der Waals surface area contributed by atoms with Crippen LogP contribution in [-0.2, 0) is 0 Å². The van der Waals surface area contributed by atoms with Gasteiger partial charge in [-0.05, 0) is 97.2 Å². The first-order valence-electron chi connectivity index (χ1n) is 20.5. The molecule has 0 aliphatic carbocycles. The Morgan fingerprint density at radius 3 is 1.37 bits per heavy atom. The lowest BCUT2D eigenvalue weighted by molar-refractivity contribution is 0.670. The summed E-state index contributed by atoms with van der Waals surface area (Å²) in [5.41, 5.74) is 16.7. The van der Waals surface area contributed by atoms with E-state index in [0.717, 1.165) is 55.7 Å². The molecular weight excluding hydrogens is 727 g/mol. The van der Waals surface area contributed by atoms with E-state index in [0.29, 0.717) is 0 Å². The van der Waals surface area contributed by atoms with Crippen LogP contribution < -0.4 is 4.90 Å². The van der Waals surface area contributed by atoms with Gasteiger partial charge in [-0.3, -0.25) is 0 Å². The number of fused-ring (bicyclic) bond motifs is 4. The molecule has 0 saturated heterocycles. The molecule has 0 fully saturated rings. The van der Waals surface area contributed by atoms with Crippen LogP contribution in [0.15, 0.2) is 241 Å². The molecule has 0 spiro atoms. The Labute approximate surface area is 349 Å². The van der Waals surface area contributed by atoms with Crippen molar-refractivity contribution in [2.24, 2.45) is 0 Å². The fraction of sp³-hybridized carbons (Fsp3) is 0. The molecule has 0 amide bonds. The van der Waals surface area contributed by atoms with Gasteiger partial charge in [0.15, 0.2) is 0 Å². The Kier molecular flexibility index (Phi) is 8.87. The lowest BCUT2D eigenvalue weighted by Gasteiger charge is -2.27. The first-order valence-corrected chi connectivity index (χ1v) is 20.5. The quantitative estimate of drug-likeness (QED) is 0.153. The van der Waals surface area contributed by atoms with Gasteiger partial charge in [0, 0.05) is 22.3 Å². The zero-order chi connectivity index (χ0) is 39.8. The summed E-state index contributed by atoms with van der Waals surface area (Å²) in [6.07, 6.45) is 0. The van der Waals surface area contributed by atoms with Gasteiger partial charge in [0.25, 0.3) is 0 Å². The largest absolute Gasteiger partial charge is 0.455 e. The predicted octanol–water partition coefficient (Wildman–Crippen LogP) is 16.5. The fourth-order valence-electron chi connectivity index (χ4n) is 8.90. The molecule has 0 aliphatic heterocycles. The second kappa shape index (κ2) is 15.1. The van der Waals surface area contributed by atoms with E-state index in [4.69, 9.17) is 4.42 Å². The van der Waals surface area contributed by atoms with Crippen LogP contribution in [-0.4, -0.2) is 0 Å². The van der Waals surface area contributed by atoms with Gasteiger partial charge in [-0.2, -0.15) is 0 Å². The summed E-state index contributed by atoms with van der Waals surface area (Å²) < 4.78 is 6.77. The number of para-hydroxylation sites is 1. The highest BCUT2D eigenvalue weighted by Crippen LogP contribution is 2.46. The normalized spacial score (nSPS) is 11.3. The van der Waals surface area contributed by atoms with Crippen molar-refractivity contribution < 1.29 is 4.42 Å². The number of hydrogen-bond acceptors (Lipinski definition) is 2. The van der Waals surface area contributed by atoms with Crippen molar-refractivity contribution in [1.29, 1.82) is 0 Å². The molecule has 0 N–H and O–H groups in total. The maximum absolute atomic E-state index is 6.77. The molecule has 11 aromatic rings. The lowest BCUT2D eigenvalue weighted by Crippen LogP contribution is -2.10. The van der Waals surface area contributed by atoms with Gasteiger partial charge >= 0.3 is 0 Å². The molecule has 2 heteroatoms. The van der Waals surface area contributed by atoms with Crippen LogP contribution in [0.4, 0.5) is 17.1 Å². The standard InChI is InChI=1S/C58H39NO/c1-3-16-40(17-4-1)49-23-9-11-25-52(49)53-26-12-10-24-50(53)44-34-38-46(39-35-44)59(45-36-32-43(33-37-45)48-27-13-21-41-20-7-8-22-47(41)48)55-30-15-31-56-57(55)54-29-14-28-51(58(54)60-56)42-18-5-2-6-19-42/h1-39H. The number of benzene rings is 10. The second-order valence-electron chi connectivity index (χ2n) is 15.2. The van der Waals surface area contributed by atoms with E-state index in [1.165, 1.54) is 49.7 Å². The lowest BCUT2D eigenvalue weighted by atomic mass is 9.89. The summed E-state index contributed by atoms with van der Waals surface area (Å²) in [6, 6.07) is 84.7. The van der Waals surface area contributed by atoms with Gasteiger partial charge in [-0.1, -0.05) is 200 Å². The van der Waals surface area contributed by atoms with Crippen molar-refractivity contribution in [3.63, 3.8) is 0 Å². The van der Waals surface area contributed by atoms with Gasteiger partial charge in [-0.15, -0.1) is 0 Å². The SMILES string of the molecule is c1ccc(-c2ccccc2-c2ccccc2-c2ccc(N(c3ccc(-c4cccc5ccccc45)cc3)c3cccc4oc5c(-c6ccccc6)cccc5c34)cc2)cc1. The topological polar surface area (TPSA) is 16.4 Å². The summed E-state index contributed by atoms with van der Waals surface area (Å²) in [7, 11) is 0. The van der Waals surface area contributed by atoms with E-state index in [1.807, 2.05) is 0 Å². The Bertz CT molecular complexity index is 3290. The zero-order valence-electron chi connectivity index (χ0n) is 32.9. The van der Waals surface area contributed by atoms with Crippen molar-refractivity contribution in [3.05, 3.63) is 237 Å². The van der Waals surface area contributed by atoms with E-state index in [2.05, 4.69) is 241 Å². The smallest absolute Gasteiger partial charge is 0.143 e. The molecular formula is C58H39NO. The monoisotopic (exact) mass is 765 g/mol. The highest BCUT2D eigenvalue weighted by Gasteiger charge is 2.22. The Hall–Kier alpha value is -7.94. The van der Waals surface area contributed by atoms with Crippen molar-refractivity contribution in [2.45, 2.75) is 0 Å². The molecule has 0 bridgehead atoms. The number of anilines is 3. The highest BCUT2D eigenvalue weighted by molar-refractivity contribution is 6.16. The maximum Gasteiger partial charge on any atom is 0.143 e. The van der Waals surface area contributed by atoms with Gasteiger partial charge in [0.05, 0.1) is 11.1 Å². The van der Waals surface area contributed by atoms with E-state index in [9.17, 15) is 0 Å². The molecule has 60 heavy (non-hydrogen) atoms. The summed E-state index contributed by atoms with van der Waals surface area (Å²) in [5.74, 6) is 0. The van der Waals surface area contributed by atoms with Crippen molar-refractivity contribution in [2.75, 3.05) is 4.90 Å². The Morgan fingerprint density at radius 2 is 0.717 bits per heavy atom. The first-order chi connectivity index (χ1) is 29.8. The van der Waals surface area contributed by atoms with Gasteiger partial charge < -0.3 is 9.32 Å². The van der Waals surface area contributed by atoms with Crippen LogP contribution in [0.1, 0.15) is 0 Å². The Balaban J connectivity index is 1.06. The summed E-state index contributed by atoms with van der Waals surface area (Å²) in [6.45, 7) is 0. The van der Waals surface area contributed by atoms with Crippen LogP contribution in [0, 0.1) is 0 Å². The van der Waals surface area contributed by atoms with Crippen molar-refractivity contribution in [3.8, 4) is 55.6 Å². The average Bonchev–Trinajstić information content (AvgIpc) is 3.72. The first kappa shape index (κ1) is 35.2. The second-order valence-corrected chi connectivity index (χ2v) is 15.2. The molecule has 0 atom stereocenters. The van der Waals surface area contributed by atoms with Crippen LogP contribution in [0.3, 0.4) is 0 Å². The zero-order valence-corrected chi connectivity index (χ0v) is 32.9. The molecule has 0 radical (unpaired) electrons. The predicted molar refractivity (Wildman–Crippen MR) is 253 cm³/mol. The third-order valence-corrected chi connectivity index (χ3v) is 11.7. The molecule has 1 aromatic heterocycles. The molecule has 282 valence electrons. The van der Waals surface area contributed by atoms with E-state index in [1.54, 1.807) is 0 Å². The number of hydrogen-bond donors (Lipinski definition) is 0. The van der Waals surface area contributed by atoms with Crippen molar-refractivity contribution in [1.82, 2.24) is 0 Å². The third-order valence-electron chi connectivity index (χ3n) is 11.7. The molecule has 2 nitrogen and oxygen atoms in total. The van der Waals surface area contributed by atoms with Crippen LogP contribution in [0.25, 0.3) is 88.3 Å². The molecule has 0 saturated carbocycles. The minimum atomic E-state index is 0.853. The van der Waals surface area contributed by atoms with Crippen LogP contribution in [0.5, 0.6) is 0 Å². The highest BCUT2D eigenvalue weighted by atomic mass is 16.3. The minimum absolute atomic E-state index is 0.853. The van der Waals surface area contributed by atoms with Gasteiger partial charge in [0.2, 0.25) is 0 Å². The fourth-order valence-corrected chi connectivity index (χ4v) is 8.90. The van der Waals surface area contributed by atoms with E-state index < -0.39 is 0 Å². The minimum Gasteiger partial charge on any atom is -0.455 e.